The summed E-state index contributed by atoms with van der Waals surface area (Å²) in [6, 6.07) is 4.75. The Morgan fingerprint density at radius 1 is 1.11 bits per heavy atom. The van der Waals surface area contributed by atoms with Gasteiger partial charge in [0.1, 0.15) is 5.54 Å². The Kier molecular flexibility index (Phi) is 4.68. The molecule has 0 bridgehead atoms. The van der Waals surface area contributed by atoms with Gasteiger partial charge in [0.05, 0.1) is 14.2 Å². The second kappa shape index (κ2) is 5.69. The highest BCUT2D eigenvalue weighted by Gasteiger charge is 2.49. The van der Waals surface area contributed by atoms with Gasteiger partial charge in [-0.1, -0.05) is 6.07 Å². The van der Waals surface area contributed by atoms with Crippen molar-refractivity contribution in [3.63, 3.8) is 0 Å². The average molecular weight is 277 g/mol. The molecule has 6 heteroatoms. The quantitative estimate of drug-likeness (QED) is 0.897. The number of rotatable bonds is 5. The molecule has 1 atom stereocenters. The highest BCUT2D eigenvalue weighted by Crippen LogP contribution is 2.35. The highest BCUT2D eigenvalue weighted by atomic mass is 19.4. The topological polar surface area (TPSA) is 30.5 Å². The molecular formula is C13H18F3NO2. The number of nitrogens with one attached hydrogen (secondary N) is 1. The number of ether oxygens (including phenoxy) is 2. The normalized spacial score (nSPS) is 14.9. The molecule has 0 aliphatic rings. The van der Waals surface area contributed by atoms with Crippen molar-refractivity contribution < 1.29 is 22.6 Å². The molecule has 0 saturated heterocycles. The van der Waals surface area contributed by atoms with E-state index in [0.29, 0.717) is 17.1 Å². The van der Waals surface area contributed by atoms with Crippen molar-refractivity contribution in [2.24, 2.45) is 0 Å². The van der Waals surface area contributed by atoms with Crippen LogP contribution in [0.15, 0.2) is 18.2 Å². The van der Waals surface area contributed by atoms with Gasteiger partial charge in [0.15, 0.2) is 11.5 Å². The summed E-state index contributed by atoms with van der Waals surface area (Å²) in [7, 11) is 4.22. The van der Waals surface area contributed by atoms with Crippen LogP contribution in [0.1, 0.15) is 12.5 Å². The largest absolute Gasteiger partial charge is 0.493 e. The minimum atomic E-state index is -4.34. The van der Waals surface area contributed by atoms with Crippen LogP contribution in [-0.4, -0.2) is 33.0 Å². The predicted octanol–water partition coefficient (Wildman–Crippen LogP) is 2.79. The van der Waals surface area contributed by atoms with Crippen molar-refractivity contribution in [2.75, 3.05) is 21.3 Å². The van der Waals surface area contributed by atoms with E-state index in [1.54, 1.807) is 18.2 Å². The van der Waals surface area contributed by atoms with Crippen LogP contribution < -0.4 is 14.8 Å². The Morgan fingerprint density at radius 2 is 1.68 bits per heavy atom. The lowest BCUT2D eigenvalue weighted by molar-refractivity contribution is -0.189. The number of benzene rings is 1. The zero-order valence-corrected chi connectivity index (χ0v) is 11.4. The molecule has 1 aromatic carbocycles. The molecule has 0 spiro atoms. The second-order valence-electron chi connectivity index (χ2n) is 4.45. The van der Waals surface area contributed by atoms with E-state index in [0.717, 1.165) is 6.92 Å². The minimum Gasteiger partial charge on any atom is -0.493 e. The van der Waals surface area contributed by atoms with Crippen molar-refractivity contribution in [3.05, 3.63) is 23.8 Å². The first-order valence-corrected chi connectivity index (χ1v) is 5.74. The van der Waals surface area contributed by atoms with Gasteiger partial charge >= 0.3 is 6.18 Å². The molecule has 0 amide bonds. The maximum Gasteiger partial charge on any atom is 0.406 e. The molecule has 0 fully saturated rings. The molecule has 0 radical (unpaired) electrons. The maximum absolute atomic E-state index is 13.0. The maximum atomic E-state index is 13.0. The summed E-state index contributed by atoms with van der Waals surface area (Å²) in [6.07, 6.45) is -4.53. The van der Waals surface area contributed by atoms with Crippen molar-refractivity contribution in [1.29, 1.82) is 0 Å². The molecule has 0 saturated carbocycles. The number of hydrogen-bond acceptors (Lipinski definition) is 3. The minimum absolute atomic E-state index is 0.187. The Bertz CT molecular complexity index is 434. The Morgan fingerprint density at radius 3 is 2.11 bits per heavy atom. The molecule has 1 aromatic rings. The summed E-state index contributed by atoms with van der Waals surface area (Å²) < 4.78 is 49.1. The Balaban J connectivity index is 3.05. The number of hydrogen-bond donors (Lipinski definition) is 1. The van der Waals surface area contributed by atoms with E-state index < -0.39 is 11.7 Å². The van der Waals surface area contributed by atoms with E-state index in [4.69, 9.17) is 9.47 Å². The lowest BCUT2D eigenvalue weighted by Gasteiger charge is -2.32. The van der Waals surface area contributed by atoms with Crippen molar-refractivity contribution in [2.45, 2.75) is 25.1 Å². The first-order valence-electron chi connectivity index (χ1n) is 5.74. The molecule has 0 aliphatic carbocycles. The van der Waals surface area contributed by atoms with Crippen LogP contribution in [0, 0.1) is 0 Å². The summed E-state index contributed by atoms with van der Waals surface area (Å²) in [5.41, 5.74) is -1.46. The Hall–Kier alpha value is -1.43. The standard InChI is InChI=1S/C13H18F3NO2/c1-12(17-2,13(14,15)16)8-9-5-6-10(18-3)11(7-9)19-4/h5-7,17H,8H2,1-4H3. The third-order valence-electron chi connectivity index (χ3n) is 3.18. The van der Waals surface area contributed by atoms with Crippen LogP contribution in [0.4, 0.5) is 13.2 Å². The summed E-state index contributed by atoms with van der Waals surface area (Å²) in [6.45, 7) is 1.13. The van der Waals surface area contributed by atoms with Crippen molar-refractivity contribution in [1.82, 2.24) is 5.32 Å². The van der Waals surface area contributed by atoms with Gasteiger partial charge in [0.25, 0.3) is 0 Å². The fourth-order valence-electron chi connectivity index (χ4n) is 1.73. The van der Waals surface area contributed by atoms with Gasteiger partial charge in [-0.05, 0) is 38.1 Å². The Labute approximate surface area is 110 Å². The second-order valence-corrected chi connectivity index (χ2v) is 4.45. The van der Waals surface area contributed by atoms with Crippen LogP contribution in [0.3, 0.4) is 0 Å². The van der Waals surface area contributed by atoms with Crippen LogP contribution in [-0.2, 0) is 6.42 Å². The molecule has 3 nitrogen and oxygen atoms in total. The molecule has 1 unspecified atom stereocenters. The van der Waals surface area contributed by atoms with Gasteiger partial charge in [-0.15, -0.1) is 0 Å². The SMILES string of the molecule is CNC(C)(Cc1ccc(OC)c(OC)c1)C(F)(F)F. The summed E-state index contributed by atoms with van der Waals surface area (Å²) in [5, 5.41) is 2.34. The van der Waals surface area contributed by atoms with Gasteiger partial charge in [0.2, 0.25) is 0 Å². The molecule has 19 heavy (non-hydrogen) atoms. The number of methoxy groups -OCH3 is 2. The molecule has 0 heterocycles. The summed E-state index contributed by atoms with van der Waals surface area (Å²) >= 11 is 0. The van der Waals surface area contributed by atoms with Gasteiger partial charge in [-0.25, -0.2) is 0 Å². The van der Waals surface area contributed by atoms with Gasteiger partial charge < -0.3 is 14.8 Å². The fraction of sp³-hybridized carbons (Fsp3) is 0.538. The first kappa shape index (κ1) is 15.6. The van der Waals surface area contributed by atoms with E-state index in [1.165, 1.54) is 21.3 Å². The van der Waals surface area contributed by atoms with Crippen LogP contribution in [0.25, 0.3) is 0 Å². The summed E-state index contributed by atoms with van der Waals surface area (Å²) in [5.74, 6) is 0.907. The molecule has 1 rings (SSSR count). The third-order valence-corrected chi connectivity index (χ3v) is 3.18. The molecule has 1 N–H and O–H groups in total. The monoisotopic (exact) mass is 277 g/mol. The summed E-state index contributed by atoms with van der Waals surface area (Å²) in [4.78, 5) is 0. The zero-order valence-electron chi connectivity index (χ0n) is 11.4. The lowest BCUT2D eigenvalue weighted by Crippen LogP contribution is -2.54. The van der Waals surface area contributed by atoms with E-state index in [-0.39, 0.29) is 6.42 Å². The van der Waals surface area contributed by atoms with Crippen LogP contribution in [0.5, 0.6) is 11.5 Å². The molecule has 108 valence electrons. The van der Waals surface area contributed by atoms with Crippen molar-refractivity contribution in [3.8, 4) is 11.5 Å². The highest BCUT2D eigenvalue weighted by molar-refractivity contribution is 5.43. The van der Waals surface area contributed by atoms with Crippen molar-refractivity contribution >= 4 is 0 Å². The smallest absolute Gasteiger partial charge is 0.406 e. The lowest BCUT2D eigenvalue weighted by atomic mass is 9.92. The van der Waals surface area contributed by atoms with E-state index in [2.05, 4.69) is 5.32 Å². The van der Waals surface area contributed by atoms with E-state index in [9.17, 15) is 13.2 Å². The van der Waals surface area contributed by atoms with Crippen LogP contribution in [0.2, 0.25) is 0 Å². The van der Waals surface area contributed by atoms with E-state index in [1.807, 2.05) is 0 Å². The number of likely N-dealkylation sites (N-methyl/N-ethyl adjacent to an activating group) is 1. The molecule has 0 aromatic heterocycles. The number of alkyl halides is 3. The first-order chi connectivity index (χ1) is 8.77. The van der Waals surface area contributed by atoms with Crippen LogP contribution >= 0.6 is 0 Å². The van der Waals surface area contributed by atoms with E-state index >= 15 is 0 Å². The fourth-order valence-corrected chi connectivity index (χ4v) is 1.73. The third kappa shape index (κ3) is 3.32. The molecule has 0 aliphatic heterocycles. The average Bonchev–Trinajstić information content (AvgIpc) is 2.37. The van der Waals surface area contributed by atoms with Gasteiger partial charge in [-0.3, -0.25) is 0 Å². The number of halogens is 3. The zero-order chi connectivity index (χ0) is 14.7. The van der Waals surface area contributed by atoms with Gasteiger partial charge in [0, 0.05) is 0 Å². The predicted molar refractivity (Wildman–Crippen MR) is 66.8 cm³/mol. The van der Waals surface area contributed by atoms with Gasteiger partial charge in [-0.2, -0.15) is 13.2 Å². The molecular weight excluding hydrogens is 259 g/mol.